The number of rotatable bonds is 4. The van der Waals surface area contributed by atoms with E-state index in [4.69, 9.17) is 0 Å². The van der Waals surface area contributed by atoms with Crippen LogP contribution in [0.15, 0.2) is 0 Å². The van der Waals surface area contributed by atoms with Crippen molar-refractivity contribution >= 4 is 21.8 Å². The van der Waals surface area contributed by atoms with E-state index in [2.05, 4.69) is 42.0 Å². The number of halogens is 1. The Hall–Kier alpha value is -0.0500. The highest BCUT2D eigenvalue weighted by atomic mass is 79.9. The molecule has 0 aromatic heterocycles. The summed E-state index contributed by atoms with van der Waals surface area (Å²) in [4.78, 5) is 12.2. The zero-order valence-electron chi connectivity index (χ0n) is 11.6. The fourth-order valence-corrected chi connectivity index (χ4v) is 3.26. The first-order valence-corrected chi connectivity index (χ1v) is 7.90. The molecule has 0 aromatic carbocycles. The Balaban J connectivity index is 2.65. The van der Waals surface area contributed by atoms with Gasteiger partial charge in [-0.2, -0.15) is 0 Å². The molecule has 3 unspecified atom stereocenters. The van der Waals surface area contributed by atoms with E-state index in [9.17, 15) is 4.79 Å². The molecule has 0 heterocycles. The highest BCUT2D eigenvalue weighted by Gasteiger charge is 2.36. The highest BCUT2D eigenvalue weighted by Crippen LogP contribution is 2.34. The molecule has 1 saturated carbocycles. The molecule has 0 aromatic rings. The van der Waals surface area contributed by atoms with Crippen LogP contribution in [-0.4, -0.2) is 16.8 Å². The van der Waals surface area contributed by atoms with Crippen molar-refractivity contribution in [3.8, 4) is 0 Å². The third kappa shape index (κ3) is 3.97. The average molecular weight is 304 g/mol. The van der Waals surface area contributed by atoms with Crippen LogP contribution in [0.1, 0.15) is 53.4 Å². The van der Waals surface area contributed by atoms with Crippen molar-refractivity contribution in [2.45, 2.75) is 58.9 Å². The van der Waals surface area contributed by atoms with E-state index in [-0.39, 0.29) is 17.4 Å². The summed E-state index contributed by atoms with van der Waals surface area (Å²) in [5.41, 5.74) is -0.00208. The summed E-state index contributed by atoms with van der Waals surface area (Å²) in [6.07, 6.45) is 4.74. The molecule has 1 rings (SSSR count). The average Bonchev–Trinajstić information content (AvgIpc) is 2.27. The first-order chi connectivity index (χ1) is 7.90. The van der Waals surface area contributed by atoms with Crippen LogP contribution in [0.4, 0.5) is 0 Å². The summed E-state index contributed by atoms with van der Waals surface area (Å²) in [5, 5.41) is 4.18. The van der Waals surface area contributed by atoms with E-state index >= 15 is 0 Å². The van der Waals surface area contributed by atoms with Crippen molar-refractivity contribution in [2.24, 2.45) is 17.8 Å². The van der Waals surface area contributed by atoms with Gasteiger partial charge < -0.3 is 5.32 Å². The van der Waals surface area contributed by atoms with E-state index in [1.807, 2.05) is 6.92 Å². The number of hydrogen-bond acceptors (Lipinski definition) is 1. The second-order valence-electron chi connectivity index (χ2n) is 6.14. The van der Waals surface area contributed by atoms with Crippen molar-refractivity contribution < 1.29 is 4.79 Å². The van der Waals surface area contributed by atoms with Gasteiger partial charge in [0.15, 0.2) is 0 Å². The van der Waals surface area contributed by atoms with Gasteiger partial charge in [-0.25, -0.2) is 0 Å². The Morgan fingerprint density at radius 2 is 2.12 bits per heavy atom. The van der Waals surface area contributed by atoms with Gasteiger partial charge in [-0.15, -0.1) is 0 Å². The van der Waals surface area contributed by atoms with Crippen LogP contribution in [0.25, 0.3) is 0 Å². The SMILES string of the molecule is CC1CCCC(CBr)(NC(=O)C(C)C(C)C)C1. The number of hydrogen-bond donors (Lipinski definition) is 1. The second-order valence-corrected chi connectivity index (χ2v) is 6.70. The lowest BCUT2D eigenvalue weighted by Gasteiger charge is -2.40. The van der Waals surface area contributed by atoms with Crippen LogP contribution in [0.2, 0.25) is 0 Å². The Morgan fingerprint density at radius 3 is 2.59 bits per heavy atom. The van der Waals surface area contributed by atoms with E-state index in [0.29, 0.717) is 5.92 Å². The van der Waals surface area contributed by atoms with E-state index in [1.165, 1.54) is 12.8 Å². The first-order valence-electron chi connectivity index (χ1n) is 6.78. The molecule has 1 N–H and O–H groups in total. The van der Waals surface area contributed by atoms with E-state index in [0.717, 1.165) is 24.1 Å². The van der Waals surface area contributed by atoms with Gasteiger partial charge in [0.05, 0.1) is 0 Å². The minimum Gasteiger partial charge on any atom is -0.350 e. The molecule has 17 heavy (non-hydrogen) atoms. The molecule has 1 amide bonds. The summed E-state index contributed by atoms with van der Waals surface area (Å²) in [5.74, 6) is 1.44. The number of nitrogens with one attached hydrogen (secondary N) is 1. The van der Waals surface area contributed by atoms with Gasteiger partial charge in [0.25, 0.3) is 0 Å². The number of alkyl halides is 1. The molecule has 0 spiro atoms. The molecule has 100 valence electrons. The first kappa shape index (κ1) is 15.0. The summed E-state index contributed by atoms with van der Waals surface area (Å²) in [6.45, 7) is 8.52. The third-order valence-electron chi connectivity index (χ3n) is 4.15. The highest BCUT2D eigenvalue weighted by molar-refractivity contribution is 9.09. The summed E-state index contributed by atoms with van der Waals surface area (Å²) in [6, 6.07) is 0. The van der Waals surface area contributed by atoms with E-state index < -0.39 is 0 Å². The molecule has 3 heteroatoms. The van der Waals surface area contributed by atoms with Crippen molar-refractivity contribution in [3.63, 3.8) is 0 Å². The smallest absolute Gasteiger partial charge is 0.223 e. The number of carbonyl (C=O) groups is 1. The molecular weight excluding hydrogens is 278 g/mol. The molecule has 1 fully saturated rings. The molecule has 3 atom stereocenters. The normalized spacial score (nSPS) is 31.3. The third-order valence-corrected chi connectivity index (χ3v) is 5.22. The van der Waals surface area contributed by atoms with Crippen LogP contribution in [0, 0.1) is 17.8 Å². The lowest BCUT2D eigenvalue weighted by atomic mass is 9.77. The second kappa shape index (κ2) is 6.21. The predicted octanol–water partition coefficient (Wildman–Crippen LogP) is 3.74. The van der Waals surface area contributed by atoms with Crippen molar-refractivity contribution in [1.82, 2.24) is 5.32 Å². The Kier molecular flexibility index (Phi) is 5.49. The van der Waals surface area contributed by atoms with Crippen molar-refractivity contribution in [1.29, 1.82) is 0 Å². The minimum atomic E-state index is -0.00208. The zero-order chi connectivity index (χ0) is 13.1. The van der Waals surface area contributed by atoms with Gasteiger partial charge in [0.1, 0.15) is 0 Å². The van der Waals surface area contributed by atoms with Crippen LogP contribution in [0.3, 0.4) is 0 Å². The maximum Gasteiger partial charge on any atom is 0.223 e. The maximum absolute atomic E-state index is 12.2. The largest absolute Gasteiger partial charge is 0.350 e. The number of amides is 1. The standard InChI is InChI=1S/C14H26BrNO/c1-10(2)12(4)13(17)16-14(9-15)7-5-6-11(3)8-14/h10-12H,5-9H2,1-4H3,(H,16,17). The molecule has 1 aliphatic carbocycles. The van der Waals surface area contributed by atoms with E-state index in [1.54, 1.807) is 0 Å². The Morgan fingerprint density at radius 1 is 1.47 bits per heavy atom. The van der Waals surface area contributed by atoms with Gasteiger partial charge in [-0.1, -0.05) is 56.5 Å². The molecule has 2 nitrogen and oxygen atoms in total. The predicted molar refractivity (Wildman–Crippen MR) is 76.3 cm³/mol. The van der Waals surface area contributed by atoms with Crippen molar-refractivity contribution in [3.05, 3.63) is 0 Å². The maximum atomic E-state index is 12.2. The Bertz CT molecular complexity index is 267. The van der Waals surface area contributed by atoms with Crippen LogP contribution < -0.4 is 5.32 Å². The lowest BCUT2D eigenvalue weighted by Crippen LogP contribution is -2.54. The zero-order valence-corrected chi connectivity index (χ0v) is 13.1. The molecule has 0 radical (unpaired) electrons. The van der Waals surface area contributed by atoms with Crippen LogP contribution in [0.5, 0.6) is 0 Å². The van der Waals surface area contributed by atoms with Gasteiger partial charge in [-0.3, -0.25) is 4.79 Å². The monoisotopic (exact) mass is 303 g/mol. The summed E-state index contributed by atoms with van der Waals surface area (Å²) >= 11 is 3.60. The van der Waals surface area contributed by atoms with Crippen LogP contribution >= 0.6 is 15.9 Å². The van der Waals surface area contributed by atoms with Gasteiger partial charge in [0.2, 0.25) is 5.91 Å². The Labute approximate surface area is 114 Å². The van der Waals surface area contributed by atoms with Crippen molar-refractivity contribution in [2.75, 3.05) is 5.33 Å². The van der Waals surface area contributed by atoms with Gasteiger partial charge in [0, 0.05) is 16.8 Å². The summed E-state index contributed by atoms with van der Waals surface area (Å²) in [7, 11) is 0. The minimum absolute atomic E-state index is 0.00208. The lowest BCUT2D eigenvalue weighted by molar-refractivity contribution is -0.128. The molecule has 0 bridgehead atoms. The van der Waals surface area contributed by atoms with Gasteiger partial charge >= 0.3 is 0 Å². The fraction of sp³-hybridized carbons (Fsp3) is 0.929. The molecule has 0 saturated heterocycles. The molecule has 0 aliphatic heterocycles. The quantitative estimate of drug-likeness (QED) is 0.788. The summed E-state index contributed by atoms with van der Waals surface area (Å²) < 4.78 is 0. The topological polar surface area (TPSA) is 29.1 Å². The van der Waals surface area contributed by atoms with Gasteiger partial charge in [-0.05, 0) is 24.7 Å². The fourth-order valence-electron chi connectivity index (χ4n) is 2.61. The number of carbonyl (C=O) groups excluding carboxylic acids is 1. The van der Waals surface area contributed by atoms with Crippen LogP contribution in [-0.2, 0) is 4.79 Å². The molecule has 1 aliphatic rings. The molecular formula is C14H26BrNO.